The van der Waals surface area contributed by atoms with Gasteiger partial charge in [-0.1, -0.05) is 12.1 Å². The SMILES string of the molecule is Fc1ccc(CN2CCN(c3c[c]c(C4CC4)c(F)c3)CC2)cc1. The Morgan fingerprint density at radius 1 is 1.00 bits per heavy atom. The average Bonchev–Trinajstić information content (AvgIpc) is 3.42. The van der Waals surface area contributed by atoms with Crippen molar-refractivity contribution < 1.29 is 8.78 Å². The van der Waals surface area contributed by atoms with Crippen molar-refractivity contribution in [2.45, 2.75) is 25.3 Å². The zero-order valence-electron chi connectivity index (χ0n) is 13.6. The highest BCUT2D eigenvalue weighted by Gasteiger charge is 2.27. The van der Waals surface area contributed by atoms with E-state index < -0.39 is 0 Å². The van der Waals surface area contributed by atoms with Gasteiger partial charge in [0, 0.05) is 38.4 Å². The van der Waals surface area contributed by atoms with E-state index in [1.54, 1.807) is 6.07 Å². The van der Waals surface area contributed by atoms with Crippen LogP contribution in [0.3, 0.4) is 0 Å². The Morgan fingerprint density at radius 2 is 1.71 bits per heavy atom. The van der Waals surface area contributed by atoms with E-state index in [4.69, 9.17) is 0 Å². The van der Waals surface area contributed by atoms with Crippen LogP contribution in [0.5, 0.6) is 0 Å². The van der Waals surface area contributed by atoms with E-state index in [9.17, 15) is 8.78 Å². The molecule has 4 rings (SSSR count). The number of nitrogens with zero attached hydrogens (tertiary/aromatic N) is 2. The van der Waals surface area contributed by atoms with Gasteiger partial charge >= 0.3 is 0 Å². The van der Waals surface area contributed by atoms with Gasteiger partial charge in [-0.25, -0.2) is 8.78 Å². The first-order valence-electron chi connectivity index (χ1n) is 8.62. The van der Waals surface area contributed by atoms with Gasteiger partial charge in [-0.15, -0.1) is 0 Å². The van der Waals surface area contributed by atoms with E-state index in [1.165, 1.54) is 12.1 Å². The summed E-state index contributed by atoms with van der Waals surface area (Å²) in [7, 11) is 0. The highest BCUT2D eigenvalue weighted by atomic mass is 19.1. The fraction of sp³-hybridized carbons (Fsp3) is 0.400. The lowest BCUT2D eigenvalue weighted by Gasteiger charge is -2.36. The molecule has 1 saturated heterocycles. The predicted octanol–water partition coefficient (Wildman–Crippen LogP) is 3.96. The number of hydrogen-bond acceptors (Lipinski definition) is 2. The van der Waals surface area contributed by atoms with E-state index in [0.29, 0.717) is 5.92 Å². The Kier molecular flexibility index (Phi) is 4.23. The number of benzene rings is 2. The zero-order valence-corrected chi connectivity index (χ0v) is 13.6. The van der Waals surface area contributed by atoms with Crippen molar-refractivity contribution in [1.82, 2.24) is 4.90 Å². The minimum absolute atomic E-state index is 0.108. The second-order valence-corrected chi connectivity index (χ2v) is 6.78. The van der Waals surface area contributed by atoms with Gasteiger partial charge in [0.2, 0.25) is 0 Å². The van der Waals surface area contributed by atoms with Crippen molar-refractivity contribution in [1.29, 1.82) is 0 Å². The third kappa shape index (κ3) is 3.44. The fourth-order valence-electron chi connectivity index (χ4n) is 3.35. The minimum atomic E-state index is -0.198. The molecule has 0 atom stereocenters. The molecule has 0 aromatic heterocycles. The van der Waals surface area contributed by atoms with Crippen LogP contribution in [0.2, 0.25) is 0 Å². The Bertz CT molecular complexity index is 702. The standard InChI is InChI=1S/C20H21F2N2/c21-17-5-1-15(2-6-17)14-23-9-11-24(12-10-23)18-7-8-19(16-3-4-16)20(22)13-18/h1-2,5-7,13,16H,3-4,9-12,14H2. The lowest BCUT2D eigenvalue weighted by molar-refractivity contribution is 0.249. The molecule has 1 saturated carbocycles. The van der Waals surface area contributed by atoms with E-state index >= 15 is 0 Å². The van der Waals surface area contributed by atoms with Crippen LogP contribution in [-0.2, 0) is 6.54 Å². The van der Waals surface area contributed by atoms with Crippen LogP contribution in [0.15, 0.2) is 36.4 Å². The molecule has 2 fully saturated rings. The summed E-state index contributed by atoms with van der Waals surface area (Å²) in [6.07, 6.45) is 2.18. The van der Waals surface area contributed by atoms with Gasteiger partial charge in [-0.2, -0.15) is 0 Å². The van der Waals surface area contributed by atoms with E-state index in [1.807, 2.05) is 18.2 Å². The summed E-state index contributed by atoms with van der Waals surface area (Å²) in [5.74, 6) is 0.0897. The first-order chi connectivity index (χ1) is 11.7. The van der Waals surface area contributed by atoms with Crippen molar-refractivity contribution in [2.24, 2.45) is 0 Å². The van der Waals surface area contributed by atoms with Crippen molar-refractivity contribution in [2.75, 3.05) is 31.1 Å². The number of anilines is 1. The summed E-state index contributed by atoms with van der Waals surface area (Å²) in [4.78, 5) is 4.57. The molecule has 0 N–H and O–H groups in total. The molecule has 1 aliphatic heterocycles. The summed E-state index contributed by atoms with van der Waals surface area (Å²) in [6.45, 7) is 4.41. The molecule has 1 heterocycles. The van der Waals surface area contributed by atoms with Crippen LogP contribution in [0, 0.1) is 17.7 Å². The monoisotopic (exact) mass is 327 g/mol. The molecule has 1 aliphatic carbocycles. The van der Waals surface area contributed by atoms with Gasteiger partial charge in [0.25, 0.3) is 0 Å². The molecule has 2 aromatic rings. The van der Waals surface area contributed by atoms with Crippen molar-refractivity contribution in [3.63, 3.8) is 0 Å². The maximum Gasteiger partial charge on any atom is 0.129 e. The Balaban J connectivity index is 1.35. The molecule has 0 amide bonds. The minimum Gasteiger partial charge on any atom is -0.369 e. The number of piperazine rings is 1. The van der Waals surface area contributed by atoms with Gasteiger partial charge in [-0.3, -0.25) is 4.90 Å². The summed E-state index contributed by atoms with van der Waals surface area (Å²) < 4.78 is 27.2. The van der Waals surface area contributed by atoms with Gasteiger partial charge in [0.1, 0.15) is 11.6 Å². The Labute approximate surface area is 141 Å². The maximum atomic E-state index is 14.2. The lowest BCUT2D eigenvalue weighted by Crippen LogP contribution is -2.46. The Hall–Kier alpha value is -1.94. The highest BCUT2D eigenvalue weighted by molar-refractivity contribution is 5.49. The molecule has 1 radical (unpaired) electrons. The van der Waals surface area contributed by atoms with Crippen molar-refractivity contribution in [3.05, 3.63) is 65.2 Å². The lowest BCUT2D eigenvalue weighted by atomic mass is 10.1. The summed E-state index contributed by atoms with van der Waals surface area (Å²) >= 11 is 0. The number of rotatable bonds is 4. The van der Waals surface area contributed by atoms with Crippen molar-refractivity contribution >= 4 is 5.69 Å². The summed E-state index contributed by atoms with van der Waals surface area (Å²) in [5, 5.41) is 0. The van der Waals surface area contributed by atoms with E-state index in [-0.39, 0.29) is 11.6 Å². The average molecular weight is 327 g/mol. The second kappa shape index (κ2) is 6.52. The van der Waals surface area contributed by atoms with E-state index in [2.05, 4.69) is 15.9 Å². The quantitative estimate of drug-likeness (QED) is 0.838. The third-order valence-corrected chi connectivity index (χ3v) is 4.95. The topological polar surface area (TPSA) is 6.48 Å². The van der Waals surface area contributed by atoms with Crippen LogP contribution < -0.4 is 4.90 Å². The molecular weight excluding hydrogens is 306 g/mol. The number of halogens is 2. The molecule has 0 spiro atoms. The fourth-order valence-corrected chi connectivity index (χ4v) is 3.35. The van der Waals surface area contributed by atoms with Gasteiger partial charge < -0.3 is 4.90 Å². The summed E-state index contributed by atoms with van der Waals surface area (Å²) in [5.41, 5.74) is 2.81. The second-order valence-electron chi connectivity index (χ2n) is 6.78. The van der Waals surface area contributed by atoms with Crippen LogP contribution >= 0.6 is 0 Å². The normalized spacial score (nSPS) is 18.8. The highest BCUT2D eigenvalue weighted by Crippen LogP contribution is 2.41. The summed E-state index contributed by atoms with van der Waals surface area (Å²) in [6, 6.07) is 13.4. The Morgan fingerprint density at radius 3 is 2.33 bits per heavy atom. The largest absolute Gasteiger partial charge is 0.369 e. The molecule has 2 nitrogen and oxygen atoms in total. The predicted molar refractivity (Wildman–Crippen MR) is 91.1 cm³/mol. The zero-order chi connectivity index (χ0) is 16.5. The van der Waals surface area contributed by atoms with Crippen LogP contribution in [-0.4, -0.2) is 31.1 Å². The molecule has 24 heavy (non-hydrogen) atoms. The first-order valence-corrected chi connectivity index (χ1v) is 8.62. The van der Waals surface area contributed by atoms with Gasteiger partial charge in [0.05, 0.1) is 0 Å². The molecule has 0 bridgehead atoms. The molecule has 4 heteroatoms. The van der Waals surface area contributed by atoms with Gasteiger partial charge in [-0.05, 0) is 60.2 Å². The van der Waals surface area contributed by atoms with E-state index in [0.717, 1.165) is 62.4 Å². The number of hydrogen-bond donors (Lipinski definition) is 0. The van der Waals surface area contributed by atoms with Gasteiger partial charge in [0.15, 0.2) is 0 Å². The smallest absolute Gasteiger partial charge is 0.129 e. The molecule has 2 aromatic carbocycles. The van der Waals surface area contributed by atoms with Crippen LogP contribution in [0.25, 0.3) is 0 Å². The van der Waals surface area contributed by atoms with Crippen LogP contribution in [0.1, 0.15) is 29.9 Å². The molecule has 125 valence electrons. The first kappa shape index (κ1) is 15.6. The molecule has 0 unspecified atom stereocenters. The molecule has 2 aliphatic rings. The maximum absolute atomic E-state index is 14.2. The molecular formula is C20H21F2N2. The third-order valence-electron chi connectivity index (χ3n) is 4.95. The van der Waals surface area contributed by atoms with Crippen LogP contribution in [0.4, 0.5) is 14.5 Å². The van der Waals surface area contributed by atoms with Crippen molar-refractivity contribution in [3.8, 4) is 0 Å².